The van der Waals surface area contributed by atoms with E-state index < -0.39 is 9.84 Å². The molecule has 2 aromatic rings. The van der Waals surface area contributed by atoms with Crippen molar-refractivity contribution < 1.29 is 8.42 Å². The Morgan fingerprint density at radius 1 is 1.21 bits per heavy atom. The number of sulfone groups is 1. The number of guanidine groups is 1. The van der Waals surface area contributed by atoms with E-state index in [-0.39, 0.29) is 35.8 Å². The number of hydrogen-bond acceptors (Lipinski definition) is 3. The molecule has 0 aliphatic rings. The van der Waals surface area contributed by atoms with Gasteiger partial charge in [0, 0.05) is 25.3 Å². The molecule has 10 heteroatoms. The summed E-state index contributed by atoms with van der Waals surface area (Å²) in [6.45, 7) is 4.91. The number of aromatic nitrogens is 1. The summed E-state index contributed by atoms with van der Waals surface area (Å²) in [4.78, 5) is 4.88. The van der Waals surface area contributed by atoms with Crippen molar-refractivity contribution in [2.75, 3.05) is 12.3 Å². The smallest absolute Gasteiger partial charge is 0.191 e. The van der Waals surface area contributed by atoms with Crippen LogP contribution in [0.5, 0.6) is 0 Å². The Hall–Kier alpha value is -0.970. The van der Waals surface area contributed by atoms with Crippen molar-refractivity contribution in [1.82, 2.24) is 15.2 Å². The van der Waals surface area contributed by atoms with Gasteiger partial charge in [-0.25, -0.2) is 13.4 Å². The fraction of sp³-hybridized carbons (Fsp3) is 0.421. The van der Waals surface area contributed by atoms with E-state index in [0.717, 1.165) is 5.69 Å². The van der Waals surface area contributed by atoms with Gasteiger partial charge in [0.15, 0.2) is 15.8 Å². The highest BCUT2D eigenvalue weighted by molar-refractivity contribution is 14.0. The number of rotatable bonds is 8. The summed E-state index contributed by atoms with van der Waals surface area (Å²) < 4.78 is 27.1. The zero-order valence-electron chi connectivity index (χ0n) is 16.7. The monoisotopic (exact) mass is 572 g/mol. The minimum atomic E-state index is -3.39. The first-order valence-corrected chi connectivity index (χ1v) is 11.5. The molecule has 0 bridgehead atoms. The lowest BCUT2D eigenvalue weighted by atomic mass is 10.3. The first kappa shape index (κ1) is 26.1. The second kappa shape index (κ2) is 12.0. The lowest BCUT2D eigenvalue weighted by Crippen LogP contribution is -2.46. The SMILES string of the molecule is CCNC(=NCc1cc(Cl)c(Cl)n1C)NC(CC)CS(=O)(=O)c1ccccc1.I. The molecule has 2 rings (SSSR count). The summed E-state index contributed by atoms with van der Waals surface area (Å²) >= 11 is 12.1. The van der Waals surface area contributed by atoms with Crippen LogP contribution in [0.4, 0.5) is 0 Å². The average Bonchev–Trinajstić information content (AvgIpc) is 2.93. The Kier molecular flexibility index (Phi) is 10.8. The van der Waals surface area contributed by atoms with E-state index in [2.05, 4.69) is 15.6 Å². The van der Waals surface area contributed by atoms with Crippen LogP contribution in [0.15, 0.2) is 46.3 Å². The minimum absolute atomic E-state index is 0. The van der Waals surface area contributed by atoms with Crippen LogP contribution in [0.1, 0.15) is 26.0 Å². The predicted molar refractivity (Wildman–Crippen MR) is 131 cm³/mol. The maximum absolute atomic E-state index is 12.7. The molecule has 0 fully saturated rings. The predicted octanol–water partition coefficient (Wildman–Crippen LogP) is 4.26. The highest BCUT2D eigenvalue weighted by Crippen LogP contribution is 2.25. The van der Waals surface area contributed by atoms with Crippen molar-refractivity contribution in [2.24, 2.45) is 12.0 Å². The van der Waals surface area contributed by atoms with Gasteiger partial charge >= 0.3 is 0 Å². The van der Waals surface area contributed by atoms with Crippen LogP contribution in [0, 0.1) is 0 Å². The molecular formula is C19H27Cl2IN4O2S. The van der Waals surface area contributed by atoms with Crippen molar-refractivity contribution in [1.29, 1.82) is 0 Å². The minimum Gasteiger partial charge on any atom is -0.357 e. The number of hydrogen-bond donors (Lipinski definition) is 2. The van der Waals surface area contributed by atoms with E-state index in [4.69, 9.17) is 23.2 Å². The molecule has 0 radical (unpaired) electrons. The maximum atomic E-state index is 12.7. The van der Waals surface area contributed by atoms with Gasteiger partial charge < -0.3 is 15.2 Å². The van der Waals surface area contributed by atoms with E-state index in [9.17, 15) is 8.42 Å². The third kappa shape index (κ3) is 7.34. The van der Waals surface area contributed by atoms with Crippen LogP contribution in [0.25, 0.3) is 0 Å². The summed E-state index contributed by atoms with van der Waals surface area (Å²) in [6.07, 6.45) is 0.637. The second-order valence-electron chi connectivity index (χ2n) is 6.37. The molecule has 0 saturated carbocycles. The van der Waals surface area contributed by atoms with Crippen molar-refractivity contribution in [3.8, 4) is 0 Å². The van der Waals surface area contributed by atoms with E-state index in [1.165, 1.54) is 0 Å². The van der Waals surface area contributed by atoms with E-state index in [1.54, 1.807) is 41.0 Å². The van der Waals surface area contributed by atoms with Gasteiger partial charge in [-0.2, -0.15) is 0 Å². The van der Waals surface area contributed by atoms with Crippen molar-refractivity contribution in [3.63, 3.8) is 0 Å². The molecule has 162 valence electrons. The third-order valence-electron chi connectivity index (χ3n) is 4.32. The number of nitrogens with zero attached hydrogens (tertiary/aromatic N) is 2. The molecule has 0 spiro atoms. The Labute approximate surface area is 200 Å². The molecule has 0 amide bonds. The Bertz CT molecular complexity index is 918. The largest absolute Gasteiger partial charge is 0.357 e. The number of nitrogens with one attached hydrogen (secondary N) is 2. The standard InChI is InChI=1S/C19H26Cl2N4O2S.HI/c1-4-14(13-28(26,27)16-9-7-6-8-10-16)24-19(22-5-2)23-12-15-11-17(20)18(21)25(15)3;/h6-11,14H,4-5,12-13H2,1-3H3,(H2,22,23,24);1H. The first-order valence-electron chi connectivity index (χ1n) is 9.10. The van der Waals surface area contributed by atoms with Crippen molar-refractivity contribution in [2.45, 2.75) is 37.8 Å². The summed E-state index contributed by atoms with van der Waals surface area (Å²) in [7, 11) is -1.57. The Morgan fingerprint density at radius 2 is 1.86 bits per heavy atom. The van der Waals surface area contributed by atoms with Crippen LogP contribution in [0.3, 0.4) is 0 Å². The second-order valence-corrected chi connectivity index (χ2v) is 9.17. The van der Waals surface area contributed by atoms with Crippen LogP contribution in [-0.2, 0) is 23.4 Å². The third-order valence-corrected chi connectivity index (χ3v) is 6.99. The van der Waals surface area contributed by atoms with E-state index in [0.29, 0.717) is 40.5 Å². The molecule has 1 aromatic carbocycles. The van der Waals surface area contributed by atoms with E-state index in [1.807, 2.05) is 20.9 Å². The van der Waals surface area contributed by atoms with Crippen LogP contribution in [-0.4, -0.2) is 37.3 Å². The van der Waals surface area contributed by atoms with Gasteiger partial charge in [-0.3, -0.25) is 0 Å². The topological polar surface area (TPSA) is 75.5 Å². The quantitative estimate of drug-likeness (QED) is 0.282. The highest BCUT2D eigenvalue weighted by atomic mass is 127. The zero-order valence-corrected chi connectivity index (χ0v) is 21.3. The van der Waals surface area contributed by atoms with Gasteiger partial charge in [-0.15, -0.1) is 24.0 Å². The van der Waals surface area contributed by atoms with Crippen LogP contribution < -0.4 is 10.6 Å². The van der Waals surface area contributed by atoms with Crippen molar-refractivity contribution in [3.05, 3.63) is 52.3 Å². The summed E-state index contributed by atoms with van der Waals surface area (Å²) in [5.41, 5.74) is 0.858. The normalized spacial score (nSPS) is 12.9. The fourth-order valence-electron chi connectivity index (χ4n) is 2.66. The lowest BCUT2D eigenvalue weighted by molar-refractivity contribution is 0.568. The molecule has 29 heavy (non-hydrogen) atoms. The molecule has 0 aliphatic heterocycles. The Morgan fingerprint density at radius 3 is 2.38 bits per heavy atom. The van der Waals surface area contributed by atoms with E-state index >= 15 is 0 Å². The van der Waals surface area contributed by atoms with Gasteiger partial charge in [0.25, 0.3) is 0 Å². The van der Waals surface area contributed by atoms with Gasteiger partial charge in [0.05, 0.1) is 22.2 Å². The molecule has 1 aromatic heterocycles. The number of benzene rings is 1. The molecule has 0 aliphatic carbocycles. The molecule has 2 N–H and O–H groups in total. The molecular weight excluding hydrogens is 546 g/mol. The first-order chi connectivity index (χ1) is 13.3. The summed E-state index contributed by atoms with van der Waals surface area (Å²) in [5.74, 6) is 0.533. The summed E-state index contributed by atoms with van der Waals surface area (Å²) in [5, 5.41) is 7.32. The van der Waals surface area contributed by atoms with Crippen LogP contribution >= 0.6 is 47.2 Å². The highest BCUT2D eigenvalue weighted by Gasteiger charge is 2.21. The molecule has 1 unspecified atom stereocenters. The van der Waals surface area contributed by atoms with Gasteiger partial charge in [0.1, 0.15) is 5.15 Å². The molecule has 1 heterocycles. The molecule has 6 nitrogen and oxygen atoms in total. The lowest BCUT2D eigenvalue weighted by Gasteiger charge is -2.20. The Balaban J connectivity index is 0.00000420. The van der Waals surface area contributed by atoms with Gasteiger partial charge in [-0.05, 0) is 31.5 Å². The van der Waals surface area contributed by atoms with Gasteiger partial charge in [0.2, 0.25) is 0 Å². The number of aliphatic imine (C=N–C) groups is 1. The fourth-order valence-corrected chi connectivity index (χ4v) is 4.69. The molecule has 1 atom stereocenters. The van der Waals surface area contributed by atoms with Crippen molar-refractivity contribution >= 4 is 63.0 Å². The average molecular weight is 573 g/mol. The summed E-state index contributed by atoms with van der Waals surface area (Å²) in [6, 6.07) is 9.98. The van der Waals surface area contributed by atoms with Crippen LogP contribution in [0.2, 0.25) is 10.2 Å². The number of halogens is 3. The molecule has 0 saturated heterocycles. The van der Waals surface area contributed by atoms with Gasteiger partial charge in [-0.1, -0.05) is 48.3 Å². The maximum Gasteiger partial charge on any atom is 0.191 e. The zero-order chi connectivity index (χ0) is 20.7.